The van der Waals surface area contributed by atoms with Crippen LogP contribution in [0.3, 0.4) is 0 Å². The molecule has 4 nitrogen and oxygen atoms in total. The van der Waals surface area contributed by atoms with Gasteiger partial charge in [0.1, 0.15) is 0 Å². The Labute approximate surface area is 125 Å². The Morgan fingerprint density at radius 3 is 2.32 bits per heavy atom. The van der Waals surface area contributed by atoms with E-state index in [1.165, 1.54) is 12.1 Å². The monoisotopic (exact) mass is 323 g/mol. The van der Waals surface area contributed by atoms with Crippen molar-refractivity contribution in [2.24, 2.45) is 5.92 Å². The highest BCUT2D eigenvalue weighted by molar-refractivity contribution is 6.44. The minimum atomic E-state index is -0.937. The summed E-state index contributed by atoms with van der Waals surface area (Å²) < 4.78 is 0. The summed E-state index contributed by atoms with van der Waals surface area (Å²) in [5.41, 5.74) is 0.351. The number of aliphatic carboxylic acids is 1. The molecule has 1 unspecified atom stereocenters. The molecular formula is C12H12Cl3NO3. The maximum Gasteiger partial charge on any atom is 0.303 e. The first-order valence-corrected chi connectivity index (χ1v) is 6.59. The molecule has 19 heavy (non-hydrogen) atoms. The van der Waals surface area contributed by atoms with Crippen molar-refractivity contribution < 1.29 is 14.7 Å². The molecule has 1 amide bonds. The second-order valence-corrected chi connectivity index (χ2v) is 5.42. The molecular weight excluding hydrogens is 312 g/mol. The first-order valence-electron chi connectivity index (χ1n) is 5.45. The lowest BCUT2D eigenvalue weighted by molar-refractivity contribution is -0.138. The number of amides is 1. The lowest BCUT2D eigenvalue weighted by Gasteiger charge is -2.11. The molecule has 0 spiro atoms. The Morgan fingerprint density at radius 1 is 1.16 bits per heavy atom. The number of benzene rings is 1. The average molecular weight is 325 g/mol. The van der Waals surface area contributed by atoms with Gasteiger partial charge in [-0.15, -0.1) is 0 Å². The Morgan fingerprint density at radius 2 is 1.74 bits per heavy atom. The van der Waals surface area contributed by atoms with Crippen molar-refractivity contribution in [2.45, 2.75) is 19.8 Å². The van der Waals surface area contributed by atoms with Crippen molar-refractivity contribution in [2.75, 3.05) is 5.32 Å². The van der Waals surface area contributed by atoms with E-state index in [2.05, 4.69) is 5.32 Å². The molecule has 0 saturated heterocycles. The molecule has 0 aliphatic rings. The molecule has 0 fully saturated rings. The third-order valence-electron chi connectivity index (χ3n) is 2.34. The minimum Gasteiger partial charge on any atom is -0.481 e. The van der Waals surface area contributed by atoms with Crippen LogP contribution in [0.5, 0.6) is 0 Å². The molecule has 0 aromatic heterocycles. The Kier molecular flexibility index (Phi) is 5.91. The fraction of sp³-hybridized carbons (Fsp3) is 0.333. The average Bonchev–Trinajstić information content (AvgIpc) is 2.24. The number of rotatable bonds is 5. The van der Waals surface area contributed by atoms with Crippen molar-refractivity contribution in [3.8, 4) is 0 Å². The largest absolute Gasteiger partial charge is 0.481 e. The van der Waals surface area contributed by atoms with Gasteiger partial charge in [-0.3, -0.25) is 9.59 Å². The summed E-state index contributed by atoms with van der Waals surface area (Å²) in [6.07, 6.45) is 0.0192. The fourth-order valence-electron chi connectivity index (χ4n) is 1.51. The molecule has 0 aliphatic carbocycles. The zero-order chi connectivity index (χ0) is 14.6. The van der Waals surface area contributed by atoms with E-state index < -0.39 is 5.97 Å². The summed E-state index contributed by atoms with van der Waals surface area (Å²) >= 11 is 17.5. The van der Waals surface area contributed by atoms with Crippen LogP contribution in [0.2, 0.25) is 15.1 Å². The fourth-order valence-corrected chi connectivity index (χ4v) is 2.10. The van der Waals surface area contributed by atoms with Crippen LogP contribution in [0.15, 0.2) is 12.1 Å². The van der Waals surface area contributed by atoms with Gasteiger partial charge in [0.25, 0.3) is 0 Å². The van der Waals surface area contributed by atoms with E-state index in [1.807, 2.05) is 0 Å². The van der Waals surface area contributed by atoms with Gasteiger partial charge in [0.2, 0.25) is 5.91 Å². The normalized spacial score (nSPS) is 12.0. The molecule has 0 saturated carbocycles. The highest BCUT2D eigenvalue weighted by atomic mass is 35.5. The SMILES string of the molecule is CC(CC(=O)O)CC(=O)Nc1cc(Cl)c(Cl)cc1Cl. The second-order valence-electron chi connectivity index (χ2n) is 4.20. The Balaban J connectivity index is 2.67. The number of carbonyl (C=O) groups excluding carboxylic acids is 1. The molecule has 0 radical (unpaired) electrons. The Hall–Kier alpha value is -0.970. The predicted octanol–water partition coefficient (Wildman–Crippen LogP) is 4.09. The number of carboxylic acids is 1. The van der Waals surface area contributed by atoms with Gasteiger partial charge < -0.3 is 10.4 Å². The number of carboxylic acid groups (broad SMARTS) is 1. The third-order valence-corrected chi connectivity index (χ3v) is 3.38. The number of carbonyl (C=O) groups is 2. The standard InChI is InChI=1S/C12H12Cl3NO3/c1-6(3-12(18)19)2-11(17)16-10-5-8(14)7(13)4-9(10)15/h4-6H,2-3H2,1H3,(H,16,17)(H,18,19). The van der Waals surface area contributed by atoms with Crippen molar-refractivity contribution >= 4 is 52.4 Å². The summed E-state index contributed by atoms with van der Waals surface area (Å²) in [6, 6.07) is 2.88. The van der Waals surface area contributed by atoms with E-state index in [4.69, 9.17) is 39.9 Å². The van der Waals surface area contributed by atoms with E-state index in [-0.39, 0.29) is 34.7 Å². The summed E-state index contributed by atoms with van der Waals surface area (Å²) in [6.45, 7) is 1.68. The van der Waals surface area contributed by atoms with Gasteiger partial charge in [-0.2, -0.15) is 0 Å². The van der Waals surface area contributed by atoms with Crippen LogP contribution in [0.4, 0.5) is 5.69 Å². The van der Waals surface area contributed by atoms with Gasteiger partial charge in [-0.1, -0.05) is 41.7 Å². The van der Waals surface area contributed by atoms with Gasteiger partial charge in [0.05, 0.1) is 20.8 Å². The molecule has 104 valence electrons. The van der Waals surface area contributed by atoms with Crippen LogP contribution in [0.1, 0.15) is 19.8 Å². The van der Waals surface area contributed by atoms with Gasteiger partial charge in [0, 0.05) is 12.8 Å². The molecule has 2 N–H and O–H groups in total. The molecule has 0 bridgehead atoms. The van der Waals surface area contributed by atoms with Gasteiger partial charge in [-0.05, 0) is 18.1 Å². The Bertz CT molecular complexity index is 505. The summed E-state index contributed by atoms with van der Waals surface area (Å²) in [7, 11) is 0. The van der Waals surface area contributed by atoms with Crippen LogP contribution < -0.4 is 5.32 Å². The lowest BCUT2D eigenvalue weighted by Crippen LogP contribution is -2.17. The zero-order valence-corrected chi connectivity index (χ0v) is 12.3. The summed E-state index contributed by atoms with van der Waals surface area (Å²) in [5, 5.41) is 12.0. The maximum atomic E-state index is 11.7. The first-order chi connectivity index (χ1) is 8.79. The minimum absolute atomic E-state index is 0.0669. The van der Waals surface area contributed by atoms with Gasteiger partial charge in [0.15, 0.2) is 0 Å². The number of hydrogen-bond acceptors (Lipinski definition) is 2. The van der Waals surface area contributed by atoms with Crippen LogP contribution in [-0.2, 0) is 9.59 Å². The van der Waals surface area contributed by atoms with Crippen molar-refractivity contribution in [3.05, 3.63) is 27.2 Å². The van der Waals surface area contributed by atoms with E-state index in [0.29, 0.717) is 10.7 Å². The first kappa shape index (κ1) is 16.1. The quantitative estimate of drug-likeness (QED) is 0.802. The van der Waals surface area contributed by atoms with E-state index >= 15 is 0 Å². The van der Waals surface area contributed by atoms with E-state index in [0.717, 1.165) is 0 Å². The maximum absolute atomic E-state index is 11.7. The van der Waals surface area contributed by atoms with Crippen LogP contribution in [-0.4, -0.2) is 17.0 Å². The smallest absolute Gasteiger partial charge is 0.303 e. The number of halogens is 3. The highest BCUT2D eigenvalue weighted by Crippen LogP contribution is 2.32. The molecule has 0 heterocycles. The number of anilines is 1. The van der Waals surface area contributed by atoms with Gasteiger partial charge in [-0.25, -0.2) is 0 Å². The van der Waals surface area contributed by atoms with E-state index in [1.54, 1.807) is 6.92 Å². The van der Waals surface area contributed by atoms with Crippen molar-refractivity contribution in [1.82, 2.24) is 0 Å². The summed E-state index contributed by atoms with van der Waals surface area (Å²) in [5.74, 6) is -1.53. The lowest BCUT2D eigenvalue weighted by atomic mass is 10.0. The number of nitrogens with one attached hydrogen (secondary N) is 1. The molecule has 7 heteroatoms. The molecule has 1 atom stereocenters. The molecule has 1 aromatic carbocycles. The molecule has 1 rings (SSSR count). The summed E-state index contributed by atoms with van der Waals surface area (Å²) in [4.78, 5) is 22.2. The molecule has 1 aromatic rings. The molecule has 0 aliphatic heterocycles. The van der Waals surface area contributed by atoms with Crippen molar-refractivity contribution in [3.63, 3.8) is 0 Å². The topological polar surface area (TPSA) is 66.4 Å². The third kappa shape index (κ3) is 5.27. The van der Waals surface area contributed by atoms with E-state index in [9.17, 15) is 9.59 Å². The highest BCUT2D eigenvalue weighted by Gasteiger charge is 2.14. The second kappa shape index (κ2) is 6.98. The zero-order valence-electron chi connectivity index (χ0n) is 10.0. The van der Waals surface area contributed by atoms with Crippen LogP contribution in [0.25, 0.3) is 0 Å². The van der Waals surface area contributed by atoms with Gasteiger partial charge >= 0.3 is 5.97 Å². The number of hydrogen-bond donors (Lipinski definition) is 2. The van der Waals surface area contributed by atoms with Crippen LogP contribution in [0, 0.1) is 5.92 Å². The van der Waals surface area contributed by atoms with Crippen LogP contribution >= 0.6 is 34.8 Å². The van der Waals surface area contributed by atoms with Crippen molar-refractivity contribution in [1.29, 1.82) is 0 Å². The predicted molar refractivity (Wildman–Crippen MR) is 76.1 cm³/mol.